The molecule has 6 heteroatoms. The summed E-state index contributed by atoms with van der Waals surface area (Å²) < 4.78 is 0. The Labute approximate surface area is 154 Å². The van der Waals surface area contributed by atoms with Crippen molar-refractivity contribution < 1.29 is 14.4 Å². The van der Waals surface area contributed by atoms with Crippen LogP contribution in [0.25, 0.3) is 0 Å². The monoisotopic (exact) mass is 357 g/mol. The fourth-order valence-electron chi connectivity index (χ4n) is 4.28. The summed E-state index contributed by atoms with van der Waals surface area (Å²) >= 11 is 0. The van der Waals surface area contributed by atoms with Crippen LogP contribution >= 0.6 is 0 Å². The highest BCUT2D eigenvalue weighted by Crippen LogP contribution is 2.62. The van der Waals surface area contributed by atoms with Crippen LogP contribution in [-0.4, -0.2) is 49.7 Å². The van der Waals surface area contributed by atoms with Crippen LogP contribution in [-0.2, 0) is 9.59 Å². The summed E-state index contributed by atoms with van der Waals surface area (Å²) in [5.41, 5.74) is -0.0567. The first kappa shape index (κ1) is 18.6. The van der Waals surface area contributed by atoms with E-state index >= 15 is 0 Å². The summed E-state index contributed by atoms with van der Waals surface area (Å²) in [4.78, 5) is 40.4. The number of rotatable bonds is 5. The third-order valence-corrected chi connectivity index (χ3v) is 5.49. The van der Waals surface area contributed by atoms with Crippen LogP contribution in [0.2, 0.25) is 0 Å². The Morgan fingerprint density at radius 1 is 1.27 bits per heavy atom. The first-order chi connectivity index (χ1) is 12.1. The average Bonchev–Trinajstić information content (AvgIpc) is 3.19. The van der Waals surface area contributed by atoms with Gasteiger partial charge in [0.25, 0.3) is 0 Å². The number of fused-ring (bicyclic) bond motifs is 2. The highest BCUT2D eigenvalue weighted by atomic mass is 16.2. The lowest BCUT2D eigenvalue weighted by molar-refractivity contribution is -0.125. The van der Waals surface area contributed by atoms with Crippen molar-refractivity contribution in [1.82, 2.24) is 10.2 Å². The molecule has 0 saturated heterocycles. The molecule has 26 heavy (non-hydrogen) atoms. The predicted molar refractivity (Wildman–Crippen MR) is 99.8 cm³/mol. The van der Waals surface area contributed by atoms with Gasteiger partial charge < -0.3 is 15.5 Å². The van der Waals surface area contributed by atoms with E-state index in [2.05, 4.69) is 29.4 Å². The molecule has 3 atom stereocenters. The van der Waals surface area contributed by atoms with E-state index in [1.807, 2.05) is 14.1 Å². The second-order valence-electron chi connectivity index (χ2n) is 8.72. The molecule has 1 aliphatic carbocycles. The number of hydrogen-bond acceptors (Lipinski definition) is 4. The Balaban J connectivity index is 1.77. The number of nitrogens with one attached hydrogen (secondary N) is 2. The van der Waals surface area contributed by atoms with Crippen molar-refractivity contribution in [3.63, 3.8) is 0 Å². The zero-order valence-corrected chi connectivity index (χ0v) is 16.1. The van der Waals surface area contributed by atoms with Gasteiger partial charge in [-0.15, -0.1) is 0 Å². The largest absolute Gasteiger partial charge is 0.355 e. The lowest BCUT2D eigenvalue weighted by Crippen LogP contribution is -2.41. The molecule has 1 heterocycles. The highest BCUT2D eigenvalue weighted by Gasteiger charge is 2.73. The van der Waals surface area contributed by atoms with E-state index in [-0.39, 0.29) is 23.0 Å². The maximum atomic E-state index is 13.0. The van der Waals surface area contributed by atoms with Gasteiger partial charge in [0.2, 0.25) is 11.8 Å². The fraction of sp³-hybridized carbons (Fsp3) is 0.550. The molecule has 1 aliphatic heterocycles. The SMILES string of the molecule is CN(C)CC(C)(C)CNC(=O)[C@@H]1[C@@H]2C(=O)Nc3ccccc3C(=O)[C@]12C. The lowest BCUT2D eigenvalue weighted by atomic mass is 9.91. The Bertz CT molecular complexity index is 771. The Hall–Kier alpha value is -2.21. The number of nitrogens with zero attached hydrogens (tertiary/aromatic N) is 1. The topological polar surface area (TPSA) is 78.5 Å². The number of hydrogen-bond donors (Lipinski definition) is 2. The van der Waals surface area contributed by atoms with E-state index in [9.17, 15) is 14.4 Å². The summed E-state index contributed by atoms with van der Waals surface area (Å²) in [5, 5.41) is 5.77. The lowest BCUT2D eigenvalue weighted by Gasteiger charge is -2.28. The first-order valence-electron chi connectivity index (χ1n) is 8.95. The minimum atomic E-state index is -0.966. The Kier molecular flexibility index (Phi) is 4.43. The summed E-state index contributed by atoms with van der Waals surface area (Å²) in [6.45, 7) is 7.21. The second-order valence-corrected chi connectivity index (χ2v) is 8.72. The van der Waals surface area contributed by atoms with Gasteiger partial charge in [0.1, 0.15) is 0 Å². The van der Waals surface area contributed by atoms with Gasteiger partial charge in [-0.3, -0.25) is 14.4 Å². The van der Waals surface area contributed by atoms with E-state index in [4.69, 9.17) is 0 Å². The van der Waals surface area contributed by atoms with Gasteiger partial charge in [0.05, 0.1) is 22.9 Å². The molecular weight excluding hydrogens is 330 g/mol. The second kappa shape index (κ2) is 6.20. The maximum Gasteiger partial charge on any atom is 0.229 e. The van der Waals surface area contributed by atoms with E-state index in [1.54, 1.807) is 31.2 Å². The average molecular weight is 357 g/mol. The molecule has 0 aromatic heterocycles. The number of ketones is 1. The standard InChI is InChI=1S/C20H27N3O3/c1-19(2,11-23(4)5)10-21-17(25)14-15-18(26)22-13-9-7-6-8-12(13)16(24)20(14,15)3/h6-9,14-15H,10-11H2,1-5H3,(H,21,25)(H,22,26)/t14-,15+,20+/m0/s1. The van der Waals surface area contributed by atoms with Crippen LogP contribution in [0.4, 0.5) is 5.69 Å². The van der Waals surface area contributed by atoms with Gasteiger partial charge >= 0.3 is 0 Å². The van der Waals surface area contributed by atoms with Gasteiger partial charge in [0.15, 0.2) is 5.78 Å². The zero-order chi connectivity index (χ0) is 19.3. The number of carbonyl (C=O) groups is 3. The van der Waals surface area contributed by atoms with E-state index < -0.39 is 17.3 Å². The van der Waals surface area contributed by atoms with Crippen molar-refractivity contribution >= 4 is 23.3 Å². The molecule has 1 aromatic carbocycles. The Morgan fingerprint density at radius 2 is 1.92 bits per heavy atom. The van der Waals surface area contributed by atoms with Gasteiger partial charge in [-0.05, 0) is 31.6 Å². The summed E-state index contributed by atoms with van der Waals surface area (Å²) in [5.74, 6) is -1.83. The molecule has 3 rings (SSSR count). The predicted octanol–water partition coefficient (Wildman–Crippen LogP) is 1.78. The summed E-state index contributed by atoms with van der Waals surface area (Å²) in [6, 6.07) is 6.98. The molecule has 1 aromatic rings. The molecule has 0 spiro atoms. The van der Waals surface area contributed by atoms with Crippen LogP contribution in [0.3, 0.4) is 0 Å². The van der Waals surface area contributed by atoms with Gasteiger partial charge in [-0.2, -0.15) is 0 Å². The molecule has 6 nitrogen and oxygen atoms in total. The van der Waals surface area contributed by atoms with Crippen LogP contribution in [0.1, 0.15) is 31.1 Å². The normalized spacial score (nSPS) is 27.3. The Morgan fingerprint density at radius 3 is 2.58 bits per heavy atom. The van der Waals surface area contributed by atoms with Crippen LogP contribution in [0.15, 0.2) is 24.3 Å². The van der Waals surface area contributed by atoms with Crippen LogP contribution in [0.5, 0.6) is 0 Å². The van der Waals surface area contributed by atoms with E-state index in [1.165, 1.54) is 0 Å². The number of para-hydroxylation sites is 1. The number of Topliss-reactive ketones (excluding diaryl/α,β-unsaturated/α-hetero) is 1. The van der Waals surface area contributed by atoms with Crippen molar-refractivity contribution in [3.8, 4) is 0 Å². The third-order valence-electron chi connectivity index (χ3n) is 5.49. The quantitative estimate of drug-likeness (QED) is 0.842. The van der Waals surface area contributed by atoms with Gasteiger partial charge in [0, 0.05) is 18.7 Å². The summed E-state index contributed by atoms with van der Waals surface area (Å²) in [6.07, 6.45) is 0. The minimum Gasteiger partial charge on any atom is -0.355 e. The van der Waals surface area contributed by atoms with Crippen molar-refractivity contribution in [2.45, 2.75) is 20.8 Å². The molecule has 1 saturated carbocycles. The number of amides is 2. The molecule has 2 aliphatic rings. The maximum absolute atomic E-state index is 13.0. The summed E-state index contributed by atoms with van der Waals surface area (Å²) in [7, 11) is 3.98. The fourth-order valence-corrected chi connectivity index (χ4v) is 4.28. The molecule has 0 bridgehead atoms. The molecule has 0 unspecified atom stereocenters. The number of carbonyl (C=O) groups excluding carboxylic acids is 3. The van der Waals surface area contributed by atoms with E-state index in [0.717, 1.165) is 6.54 Å². The van der Waals surface area contributed by atoms with Gasteiger partial charge in [-0.25, -0.2) is 0 Å². The highest BCUT2D eigenvalue weighted by molar-refractivity contribution is 6.19. The molecule has 1 fully saturated rings. The number of anilines is 1. The molecule has 0 radical (unpaired) electrons. The van der Waals surface area contributed by atoms with Crippen molar-refractivity contribution in [2.24, 2.45) is 22.7 Å². The van der Waals surface area contributed by atoms with Crippen molar-refractivity contribution in [3.05, 3.63) is 29.8 Å². The van der Waals surface area contributed by atoms with Crippen LogP contribution in [0, 0.1) is 22.7 Å². The van der Waals surface area contributed by atoms with E-state index in [0.29, 0.717) is 17.8 Å². The van der Waals surface area contributed by atoms with Crippen LogP contribution < -0.4 is 10.6 Å². The number of benzene rings is 1. The first-order valence-corrected chi connectivity index (χ1v) is 8.95. The van der Waals surface area contributed by atoms with Gasteiger partial charge in [-0.1, -0.05) is 32.9 Å². The smallest absolute Gasteiger partial charge is 0.229 e. The molecule has 2 N–H and O–H groups in total. The van der Waals surface area contributed by atoms with Crippen molar-refractivity contribution in [1.29, 1.82) is 0 Å². The minimum absolute atomic E-state index is 0.101. The molecule has 140 valence electrons. The zero-order valence-electron chi connectivity index (χ0n) is 16.1. The third kappa shape index (κ3) is 3.03. The van der Waals surface area contributed by atoms with Crippen molar-refractivity contribution in [2.75, 3.05) is 32.5 Å². The molecule has 2 amide bonds. The molecular formula is C20H27N3O3.